The van der Waals surface area contributed by atoms with Crippen LogP contribution in [0.3, 0.4) is 0 Å². The molecule has 0 aliphatic carbocycles. The average molecular weight is 348 g/mol. The van der Waals surface area contributed by atoms with Crippen LogP contribution in [0.15, 0.2) is 46.0 Å². The van der Waals surface area contributed by atoms with Crippen LogP contribution < -0.4 is 5.84 Å². The first-order valence-electron chi connectivity index (χ1n) is 5.81. The number of hydrogen-bond donors (Lipinski definition) is 2. The molecule has 0 saturated heterocycles. The Kier molecular flexibility index (Phi) is 3.42. The van der Waals surface area contributed by atoms with Crippen LogP contribution >= 0.6 is 27.3 Å². The van der Waals surface area contributed by atoms with Crippen LogP contribution in [-0.2, 0) is 0 Å². The van der Waals surface area contributed by atoms with Crippen molar-refractivity contribution in [3.8, 4) is 16.3 Å². The molecule has 3 aromatic rings. The standard InChI is InChI=1S/C14H10BrN3OS/c15-9-5-8(7-17-16)13(19)10(6-9)14-18-11-3-1-2-4-12(11)20-14/h1-7,19H,16H2. The van der Waals surface area contributed by atoms with Gasteiger partial charge >= 0.3 is 0 Å². The van der Waals surface area contributed by atoms with Crippen LogP contribution in [0, 0.1) is 0 Å². The minimum Gasteiger partial charge on any atom is -0.507 e. The molecular weight excluding hydrogens is 338 g/mol. The number of aromatic nitrogens is 1. The summed E-state index contributed by atoms with van der Waals surface area (Å²) in [7, 11) is 0. The van der Waals surface area contributed by atoms with E-state index < -0.39 is 0 Å². The van der Waals surface area contributed by atoms with E-state index in [4.69, 9.17) is 5.84 Å². The number of thiazole rings is 1. The smallest absolute Gasteiger partial charge is 0.134 e. The topological polar surface area (TPSA) is 71.5 Å². The molecule has 0 spiro atoms. The second-order valence-electron chi connectivity index (χ2n) is 4.16. The largest absolute Gasteiger partial charge is 0.507 e. The number of hydrogen-bond acceptors (Lipinski definition) is 5. The summed E-state index contributed by atoms with van der Waals surface area (Å²) in [5.74, 6) is 5.29. The Morgan fingerprint density at radius 2 is 2.10 bits per heavy atom. The number of halogens is 1. The molecule has 0 radical (unpaired) electrons. The summed E-state index contributed by atoms with van der Waals surface area (Å²) in [5, 5.41) is 14.5. The Labute approximate surface area is 127 Å². The second kappa shape index (κ2) is 5.22. The van der Waals surface area contributed by atoms with Gasteiger partial charge in [0.2, 0.25) is 0 Å². The molecule has 100 valence electrons. The van der Waals surface area contributed by atoms with Crippen molar-refractivity contribution in [2.75, 3.05) is 0 Å². The SMILES string of the molecule is NN=Cc1cc(Br)cc(-c2nc3ccccc3s2)c1O. The zero-order chi connectivity index (χ0) is 14.1. The average Bonchev–Trinajstić information content (AvgIpc) is 2.86. The van der Waals surface area contributed by atoms with Crippen molar-refractivity contribution < 1.29 is 5.11 Å². The zero-order valence-electron chi connectivity index (χ0n) is 10.2. The lowest BCUT2D eigenvalue weighted by atomic mass is 10.1. The van der Waals surface area contributed by atoms with E-state index in [2.05, 4.69) is 26.0 Å². The maximum absolute atomic E-state index is 10.3. The molecular formula is C14H10BrN3OS. The van der Waals surface area contributed by atoms with E-state index in [1.807, 2.05) is 30.3 Å². The first-order chi connectivity index (χ1) is 9.69. The Balaban J connectivity index is 2.22. The molecule has 2 aromatic carbocycles. The molecule has 0 saturated carbocycles. The number of nitrogens with zero attached hydrogens (tertiary/aromatic N) is 2. The predicted octanol–water partition coefficient (Wildman–Crippen LogP) is 3.72. The van der Waals surface area contributed by atoms with Gasteiger partial charge in [-0.2, -0.15) is 5.10 Å². The van der Waals surface area contributed by atoms with E-state index in [1.54, 1.807) is 6.07 Å². The monoisotopic (exact) mass is 347 g/mol. The van der Waals surface area contributed by atoms with Gasteiger partial charge in [-0.3, -0.25) is 0 Å². The Morgan fingerprint density at radius 1 is 1.30 bits per heavy atom. The first-order valence-corrected chi connectivity index (χ1v) is 7.41. The number of phenols is 1. The molecule has 0 unspecified atom stereocenters. The van der Waals surface area contributed by atoms with Gasteiger partial charge in [-0.05, 0) is 24.3 Å². The van der Waals surface area contributed by atoms with Crippen LogP contribution in [0.2, 0.25) is 0 Å². The van der Waals surface area contributed by atoms with Gasteiger partial charge in [0.1, 0.15) is 10.8 Å². The van der Waals surface area contributed by atoms with Gasteiger partial charge in [0.25, 0.3) is 0 Å². The fourth-order valence-electron chi connectivity index (χ4n) is 1.95. The third kappa shape index (κ3) is 2.28. The van der Waals surface area contributed by atoms with Crippen molar-refractivity contribution in [1.82, 2.24) is 4.98 Å². The van der Waals surface area contributed by atoms with Crippen molar-refractivity contribution in [2.24, 2.45) is 10.9 Å². The van der Waals surface area contributed by atoms with Crippen molar-refractivity contribution in [3.05, 3.63) is 46.4 Å². The van der Waals surface area contributed by atoms with Gasteiger partial charge in [-0.1, -0.05) is 28.1 Å². The van der Waals surface area contributed by atoms with E-state index in [-0.39, 0.29) is 5.75 Å². The summed E-state index contributed by atoms with van der Waals surface area (Å²) in [6, 6.07) is 11.5. The van der Waals surface area contributed by atoms with Crippen LogP contribution in [0.1, 0.15) is 5.56 Å². The van der Waals surface area contributed by atoms with Crippen LogP contribution in [0.5, 0.6) is 5.75 Å². The molecule has 3 rings (SSSR count). The van der Waals surface area contributed by atoms with Crippen LogP contribution in [0.4, 0.5) is 0 Å². The molecule has 0 bridgehead atoms. The van der Waals surface area contributed by atoms with Crippen molar-refractivity contribution in [2.45, 2.75) is 0 Å². The number of aromatic hydroxyl groups is 1. The molecule has 20 heavy (non-hydrogen) atoms. The highest BCUT2D eigenvalue weighted by Gasteiger charge is 2.14. The van der Waals surface area contributed by atoms with Crippen molar-refractivity contribution in [1.29, 1.82) is 0 Å². The minimum absolute atomic E-state index is 0.126. The number of rotatable bonds is 2. The zero-order valence-corrected chi connectivity index (χ0v) is 12.6. The molecule has 0 aliphatic heterocycles. The number of para-hydroxylation sites is 1. The minimum atomic E-state index is 0.126. The highest BCUT2D eigenvalue weighted by atomic mass is 79.9. The molecule has 0 amide bonds. The van der Waals surface area contributed by atoms with Crippen LogP contribution in [-0.4, -0.2) is 16.3 Å². The molecule has 0 aliphatic rings. The van der Waals surface area contributed by atoms with E-state index in [9.17, 15) is 5.11 Å². The number of phenolic OH excluding ortho intramolecular Hbond substituents is 1. The predicted molar refractivity (Wildman–Crippen MR) is 86.2 cm³/mol. The second-order valence-corrected chi connectivity index (χ2v) is 6.10. The maximum Gasteiger partial charge on any atom is 0.134 e. The molecule has 1 aromatic heterocycles. The van der Waals surface area contributed by atoms with Crippen LogP contribution in [0.25, 0.3) is 20.8 Å². The summed E-state index contributed by atoms with van der Waals surface area (Å²) >= 11 is 4.95. The van der Waals surface area contributed by atoms with Gasteiger partial charge in [0.05, 0.1) is 22.0 Å². The van der Waals surface area contributed by atoms with E-state index in [0.29, 0.717) is 11.1 Å². The molecule has 1 heterocycles. The van der Waals surface area contributed by atoms with Gasteiger partial charge in [-0.25, -0.2) is 4.98 Å². The molecule has 6 heteroatoms. The highest BCUT2D eigenvalue weighted by molar-refractivity contribution is 9.10. The lowest BCUT2D eigenvalue weighted by molar-refractivity contribution is 0.476. The number of nitrogens with two attached hydrogens (primary N) is 1. The summed E-state index contributed by atoms with van der Waals surface area (Å²) in [6.07, 6.45) is 1.41. The van der Waals surface area contributed by atoms with Gasteiger partial charge in [0, 0.05) is 10.0 Å². The van der Waals surface area contributed by atoms with E-state index in [0.717, 1.165) is 19.7 Å². The fourth-order valence-corrected chi connectivity index (χ4v) is 3.41. The normalized spacial score (nSPS) is 11.4. The van der Waals surface area contributed by atoms with Gasteiger partial charge < -0.3 is 10.9 Å². The third-order valence-electron chi connectivity index (χ3n) is 2.84. The highest BCUT2D eigenvalue weighted by Crippen LogP contribution is 2.38. The summed E-state index contributed by atoms with van der Waals surface area (Å²) < 4.78 is 1.91. The number of benzene rings is 2. The van der Waals surface area contributed by atoms with E-state index in [1.165, 1.54) is 17.6 Å². The Morgan fingerprint density at radius 3 is 2.85 bits per heavy atom. The van der Waals surface area contributed by atoms with E-state index >= 15 is 0 Å². The van der Waals surface area contributed by atoms with Crippen molar-refractivity contribution >= 4 is 43.7 Å². The summed E-state index contributed by atoms with van der Waals surface area (Å²) in [6.45, 7) is 0. The number of fused-ring (bicyclic) bond motifs is 1. The Bertz CT molecular complexity index is 780. The molecule has 3 N–H and O–H groups in total. The summed E-state index contributed by atoms with van der Waals surface area (Å²) in [4.78, 5) is 4.55. The third-order valence-corrected chi connectivity index (χ3v) is 4.37. The number of hydrazone groups is 1. The summed E-state index contributed by atoms with van der Waals surface area (Å²) in [5.41, 5.74) is 2.13. The Hall–Kier alpha value is -1.92. The quantitative estimate of drug-likeness (QED) is 0.421. The molecule has 0 atom stereocenters. The molecule has 0 fully saturated rings. The first kappa shape index (κ1) is 13.1. The maximum atomic E-state index is 10.3. The lowest BCUT2D eigenvalue weighted by Crippen LogP contribution is -1.90. The van der Waals surface area contributed by atoms with Crippen molar-refractivity contribution in [3.63, 3.8) is 0 Å². The fraction of sp³-hybridized carbons (Fsp3) is 0. The molecule has 4 nitrogen and oxygen atoms in total. The van der Waals surface area contributed by atoms with Gasteiger partial charge in [0.15, 0.2) is 0 Å². The lowest BCUT2D eigenvalue weighted by Gasteiger charge is -2.05. The van der Waals surface area contributed by atoms with Gasteiger partial charge in [-0.15, -0.1) is 11.3 Å².